The zero-order valence-electron chi connectivity index (χ0n) is 12.4. The average molecular weight is 337 g/mol. The summed E-state index contributed by atoms with van der Waals surface area (Å²) < 4.78 is 0.614. The van der Waals surface area contributed by atoms with Crippen LogP contribution >= 0.6 is 23.5 Å². The van der Waals surface area contributed by atoms with E-state index in [4.69, 9.17) is 0 Å². The van der Waals surface area contributed by atoms with Gasteiger partial charge >= 0.3 is 0 Å². The van der Waals surface area contributed by atoms with Gasteiger partial charge < -0.3 is 0 Å². The summed E-state index contributed by atoms with van der Waals surface area (Å²) >= 11 is 2.88. The molecule has 1 aliphatic heterocycles. The van der Waals surface area contributed by atoms with Crippen LogP contribution in [0.25, 0.3) is 0 Å². The van der Waals surface area contributed by atoms with E-state index in [9.17, 15) is 19.7 Å². The van der Waals surface area contributed by atoms with E-state index < -0.39 is 4.92 Å². The number of nitrogens with zero attached hydrogens (tertiary/aromatic N) is 1. The van der Waals surface area contributed by atoms with Crippen LogP contribution in [0, 0.1) is 10.1 Å². The number of hydrogen-bond donors (Lipinski definition) is 0. The molecule has 1 aromatic carbocycles. The van der Waals surface area contributed by atoms with Gasteiger partial charge in [0, 0.05) is 44.1 Å². The maximum absolute atomic E-state index is 11.8. The Labute approximate surface area is 136 Å². The quantitative estimate of drug-likeness (QED) is 0.465. The summed E-state index contributed by atoms with van der Waals surface area (Å²) in [6.45, 7) is 5.36. The minimum atomic E-state index is -0.526. The molecule has 0 bridgehead atoms. The zero-order chi connectivity index (χ0) is 16.5. The van der Waals surface area contributed by atoms with E-state index in [2.05, 4.69) is 0 Å². The fourth-order valence-corrected chi connectivity index (χ4v) is 5.01. The van der Waals surface area contributed by atoms with Crippen LogP contribution in [0.5, 0.6) is 0 Å². The number of allylic oxidation sites excluding steroid dienone is 1. The van der Waals surface area contributed by atoms with Gasteiger partial charge in [-0.15, -0.1) is 11.8 Å². The minimum absolute atomic E-state index is 0.0533. The standard InChI is InChI=1S/C15H15NO4S2/c1-9(17)12-6-10(16(19)20)4-5-13(12)21-14-7-11(18)8-15(2,3)22-14/h4-7H,8H2,1-3H3. The molecule has 0 amide bonds. The first-order chi connectivity index (χ1) is 10.2. The second kappa shape index (κ2) is 6.26. The minimum Gasteiger partial charge on any atom is -0.295 e. The Morgan fingerprint density at radius 3 is 2.64 bits per heavy atom. The average Bonchev–Trinajstić information content (AvgIpc) is 2.35. The van der Waals surface area contributed by atoms with Gasteiger partial charge in [-0.3, -0.25) is 19.7 Å². The van der Waals surface area contributed by atoms with Crippen molar-refractivity contribution in [1.82, 2.24) is 0 Å². The summed E-state index contributed by atoms with van der Waals surface area (Å²) in [5, 5.41) is 10.8. The monoisotopic (exact) mass is 337 g/mol. The van der Waals surface area contributed by atoms with Crippen LogP contribution < -0.4 is 0 Å². The predicted molar refractivity (Wildman–Crippen MR) is 88.3 cm³/mol. The van der Waals surface area contributed by atoms with Crippen molar-refractivity contribution >= 4 is 40.8 Å². The number of benzene rings is 1. The molecular formula is C15H15NO4S2. The van der Waals surface area contributed by atoms with Crippen molar-refractivity contribution in [3.63, 3.8) is 0 Å². The molecule has 5 nitrogen and oxygen atoms in total. The number of Topliss-reactive ketones (excluding diaryl/α,β-unsaturated/α-hetero) is 1. The van der Waals surface area contributed by atoms with Crippen molar-refractivity contribution < 1.29 is 14.5 Å². The molecule has 0 aromatic heterocycles. The highest BCUT2D eigenvalue weighted by Gasteiger charge is 2.29. The van der Waals surface area contributed by atoms with E-state index >= 15 is 0 Å². The number of thioether (sulfide) groups is 2. The molecule has 2 rings (SSSR count). The maximum atomic E-state index is 11.8. The predicted octanol–water partition coefficient (Wildman–Crippen LogP) is 4.22. The van der Waals surface area contributed by atoms with Gasteiger partial charge in [0.1, 0.15) is 0 Å². The number of carbonyl (C=O) groups is 2. The summed E-state index contributed by atoms with van der Waals surface area (Å²) in [6, 6.07) is 4.22. The van der Waals surface area contributed by atoms with Crippen LogP contribution in [0.3, 0.4) is 0 Å². The van der Waals surface area contributed by atoms with Crippen LogP contribution in [0.15, 0.2) is 33.4 Å². The molecule has 0 radical (unpaired) electrons. The Hall–Kier alpha value is -1.60. The number of non-ortho nitro benzene ring substituents is 1. The molecule has 0 aliphatic carbocycles. The van der Waals surface area contributed by atoms with E-state index in [0.717, 1.165) is 4.24 Å². The second-order valence-electron chi connectivity index (χ2n) is 5.56. The van der Waals surface area contributed by atoms with Gasteiger partial charge in [0.25, 0.3) is 5.69 Å². The summed E-state index contributed by atoms with van der Waals surface area (Å²) in [6.07, 6.45) is 2.05. The van der Waals surface area contributed by atoms with Gasteiger partial charge in [-0.25, -0.2) is 0 Å². The molecule has 0 unspecified atom stereocenters. The summed E-state index contributed by atoms with van der Waals surface area (Å²) in [7, 11) is 0. The SMILES string of the molecule is CC(=O)c1cc([N+](=O)[O-])ccc1SC1=CC(=O)CC(C)(C)S1. The Morgan fingerprint density at radius 1 is 1.41 bits per heavy atom. The second-order valence-corrected chi connectivity index (χ2v) is 8.66. The summed E-state index contributed by atoms with van der Waals surface area (Å²) in [5.74, 6) is -0.185. The van der Waals surface area contributed by atoms with Gasteiger partial charge in [0.05, 0.1) is 4.92 Å². The smallest absolute Gasteiger partial charge is 0.270 e. The topological polar surface area (TPSA) is 77.3 Å². The molecule has 1 aromatic rings. The Morgan fingerprint density at radius 2 is 2.09 bits per heavy atom. The summed E-state index contributed by atoms with van der Waals surface area (Å²) in [5.41, 5.74) is 0.188. The van der Waals surface area contributed by atoms with Crippen molar-refractivity contribution in [3.8, 4) is 0 Å². The van der Waals surface area contributed by atoms with Crippen LogP contribution in [0.4, 0.5) is 5.69 Å². The Balaban J connectivity index is 2.35. The third-order valence-corrected chi connectivity index (χ3v) is 5.43. The molecule has 0 saturated heterocycles. The van der Waals surface area contributed by atoms with Crippen LogP contribution in [0.2, 0.25) is 0 Å². The van der Waals surface area contributed by atoms with E-state index in [1.54, 1.807) is 23.9 Å². The van der Waals surface area contributed by atoms with Crippen molar-refractivity contribution in [1.29, 1.82) is 0 Å². The first-order valence-electron chi connectivity index (χ1n) is 6.59. The fraction of sp³-hybridized carbons (Fsp3) is 0.333. The lowest BCUT2D eigenvalue weighted by atomic mass is 10.1. The normalized spacial score (nSPS) is 17.0. The van der Waals surface area contributed by atoms with Crippen molar-refractivity contribution in [2.45, 2.75) is 36.8 Å². The van der Waals surface area contributed by atoms with Crippen LogP contribution in [0.1, 0.15) is 37.6 Å². The molecule has 0 spiro atoms. The van der Waals surface area contributed by atoms with Gasteiger partial charge in [0.2, 0.25) is 0 Å². The van der Waals surface area contributed by atoms with Crippen LogP contribution in [-0.4, -0.2) is 21.2 Å². The number of nitro groups is 1. The van der Waals surface area contributed by atoms with E-state index in [0.29, 0.717) is 16.9 Å². The molecule has 22 heavy (non-hydrogen) atoms. The first-order valence-corrected chi connectivity index (χ1v) is 8.22. The molecule has 0 saturated carbocycles. The number of ketones is 2. The molecule has 1 heterocycles. The van der Waals surface area contributed by atoms with E-state index in [1.807, 2.05) is 13.8 Å². The first kappa shape index (κ1) is 16.8. The summed E-state index contributed by atoms with van der Waals surface area (Å²) in [4.78, 5) is 34.5. The van der Waals surface area contributed by atoms with Gasteiger partial charge in [-0.05, 0) is 26.8 Å². The highest BCUT2D eigenvalue weighted by Crippen LogP contribution is 2.47. The van der Waals surface area contributed by atoms with Crippen LogP contribution in [-0.2, 0) is 4.79 Å². The molecule has 1 aliphatic rings. The Kier molecular flexibility index (Phi) is 4.77. The maximum Gasteiger partial charge on any atom is 0.270 e. The lowest BCUT2D eigenvalue weighted by Crippen LogP contribution is -2.22. The molecule has 0 atom stereocenters. The molecule has 0 fully saturated rings. The largest absolute Gasteiger partial charge is 0.295 e. The van der Waals surface area contributed by atoms with E-state index in [1.165, 1.54) is 30.8 Å². The number of rotatable bonds is 4. The molecular weight excluding hydrogens is 322 g/mol. The van der Waals surface area contributed by atoms with Crippen molar-refractivity contribution in [2.24, 2.45) is 0 Å². The fourth-order valence-electron chi connectivity index (χ4n) is 2.09. The van der Waals surface area contributed by atoms with E-state index in [-0.39, 0.29) is 22.0 Å². The highest BCUT2D eigenvalue weighted by molar-refractivity contribution is 8.23. The zero-order valence-corrected chi connectivity index (χ0v) is 14.0. The molecule has 116 valence electrons. The molecule has 0 N–H and O–H groups in total. The van der Waals surface area contributed by atoms with Crippen molar-refractivity contribution in [3.05, 3.63) is 44.2 Å². The number of carbonyl (C=O) groups excluding carboxylic acids is 2. The molecule has 7 heteroatoms. The number of hydrogen-bond acceptors (Lipinski definition) is 6. The number of nitro benzene ring substituents is 1. The third kappa shape index (κ3) is 3.98. The van der Waals surface area contributed by atoms with Gasteiger partial charge in [-0.2, -0.15) is 0 Å². The highest BCUT2D eigenvalue weighted by atomic mass is 32.2. The van der Waals surface area contributed by atoms with Gasteiger partial charge in [0.15, 0.2) is 11.6 Å². The van der Waals surface area contributed by atoms with Crippen molar-refractivity contribution in [2.75, 3.05) is 0 Å². The lowest BCUT2D eigenvalue weighted by Gasteiger charge is -2.27. The Bertz CT molecular complexity index is 695. The van der Waals surface area contributed by atoms with Gasteiger partial charge in [-0.1, -0.05) is 11.8 Å². The lowest BCUT2D eigenvalue weighted by molar-refractivity contribution is -0.384. The third-order valence-electron chi connectivity index (χ3n) is 3.02.